The van der Waals surface area contributed by atoms with E-state index in [1.165, 1.54) is 4.88 Å². The van der Waals surface area contributed by atoms with Crippen LogP contribution in [0, 0.1) is 5.92 Å². The molecule has 0 aliphatic carbocycles. The van der Waals surface area contributed by atoms with Crippen molar-refractivity contribution in [2.75, 3.05) is 6.61 Å². The largest absolute Gasteiger partial charge is 0.396 e. The third-order valence-electron chi connectivity index (χ3n) is 4.60. The van der Waals surface area contributed by atoms with Gasteiger partial charge in [-0.15, -0.1) is 11.3 Å². The minimum atomic E-state index is -0.916. The molecule has 0 spiro atoms. The molecule has 0 aliphatic rings. The summed E-state index contributed by atoms with van der Waals surface area (Å²) in [5.74, 6) is -2.15. The zero-order chi connectivity index (χ0) is 20.5. The summed E-state index contributed by atoms with van der Waals surface area (Å²) in [7, 11) is 0. The van der Waals surface area contributed by atoms with Crippen molar-refractivity contribution in [3.05, 3.63) is 47.3 Å². The first-order valence-corrected chi connectivity index (χ1v) is 10.2. The van der Waals surface area contributed by atoms with E-state index in [0.717, 1.165) is 11.1 Å². The van der Waals surface area contributed by atoms with Crippen LogP contribution in [0.4, 0.5) is 0 Å². The summed E-state index contributed by atoms with van der Waals surface area (Å²) in [6.45, 7) is 1.30. The van der Waals surface area contributed by atoms with E-state index < -0.39 is 24.5 Å². The molecular weight excluding hydrogens is 376 g/mol. The van der Waals surface area contributed by atoms with Crippen LogP contribution in [0.2, 0.25) is 0 Å². The SMILES string of the molecule is CC[C@H](NC(=O)CCc1ccc(-c2cccs2)cc1)C(=O)C[C@@H](CO)C(N)=O. The highest BCUT2D eigenvalue weighted by molar-refractivity contribution is 7.13. The minimum absolute atomic E-state index is 0.172. The van der Waals surface area contributed by atoms with E-state index in [2.05, 4.69) is 11.4 Å². The Balaban J connectivity index is 1.84. The highest BCUT2D eigenvalue weighted by Gasteiger charge is 2.24. The first-order valence-electron chi connectivity index (χ1n) is 9.29. The normalized spacial score (nSPS) is 12.9. The van der Waals surface area contributed by atoms with Gasteiger partial charge < -0.3 is 16.2 Å². The molecule has 0 fully saturated rings. The number of benzene rings is 1. The fourth-order valence-electron chi connectivity index (χ4n) is 2.85. The van der Waals surface area contributed by atoms with Crippen molar-refractivity contribution in [1.29, 1.82) is 0 Å². The minimum Gasteiger partial charge on any atom is -0.396 e. The number of hydrogen-bond donors (Lipinski definition) is 3. The number of carbonyl (C=O) groups excluding carboxylic acids is 3. The fourth-order valence-corrected chi connectivity index (χ4v) is 3.59. The van der Waals surface area contributed by atoms with Gasteiger partial charge in [0.1, 0.15) is 0 Å². The Labute approximate surface area is 168 Å². The van der Waals surface area contributed by atoms with Crippen molar-refractivity contribution < 1.29 is 19.5 Å². The van der Waals surface area contributed by atoms with E-state index in [1.54, 1.807) is 18.3 Å². The smallest absolute Gasteiger partial charge is 0.223 e. The van der Waals surface area contributed by atoms with Crippen LogP contribution in [-0.2, 0) is 20.8 Å². The third-order valence-corrected chi connectivity index (χ3v) is 5.52. The molecule has 0 bridgehead atoms. The van der Waals surface area contributed by atoms with E-state index in [9.17, 15) is 14.4 Å². The number of hydrogen-bond acceptors (Lipinski definition) is 5. The van der Waals surface area contributed by atoms with Crippen LogP contribution in [0.3, 0.4) is 0 Å². The number of nitrogens with one attached hydrogen (secondary N) is 1. The molecule has 6 nitrogen and oxygen atoms in total. The highest BCUT2D eigenvalue weighted by Crippen LogP contribution is 2.24. The lowest BCUT2D eigenvalue weighted by Gasteiger charge is -2.18. The molecule has 0 unspecified atom stereocenters. The van der Waals surface area contributed by atoms with Gasteiger partial charge >= 0.3 is 0 Å². The monoisotopic (exact) mass is 402 g/mol. The lowest BCUT2D eigenvalue weighted by Crippen LogP contribution is -2.42. The molecule has 0 aliphatic heterocycles. The predicted molar refractivity (Wildman–Crippen MR) is 110 cm³/mol. The molecule has 2 atom stereocenters. The van der Waals surface area contributed by atoms with Gasteiger partial charge in [-0.3, -0.25) is 14.4 Å². The Bertz CT molecular complexity index is 787. The number of aryl methyl sites for hydroxylation is 1. The molecule has 0 radical (unpaired) electrons. The molecule has 1 aromatic heterocycles. The zero-order valence-corrected chi connectivity index (χ0v) is 16.7. The molecule has 0 saturated carbocycles. The lowest BCUT2D eigenvalue weighted by atomic mass is 9.97. The Morgan fingerprint density at radius 2 is 1.89 bits per heavy atom. The number of rotatable bonds is 11. The number of thiophene rings is 1. The number of nitrogens with two attached hydrogens (primary N) is 1. The molecule has 7 heteroatoms. The van der Waals surface area contributed by atoms with Gasteiger partial charge in [0, 0.05) is 17.7 Å². The Kier molecular flexibility index (Phi) is 8.35. The van der Waals surface area contributed by atoms with Crippen LogP contribution in [-0.4, -0.2) is 35.4 Å². The molecule has 4 N–H and O–H groups in total. The van der Waals surface area contributed by atoms with Gasteiger partial charge in [0.25, 0.3) is 0 Å². The summed E-state index contributed by atoms with van der Waals surface area (Å²) in [5, 5.41) is 13.9. The molecule has 2 aromatic rings. The number of aliphatic hydroxyl groups is 1. The van der Waals surface area contributed by atoms with E-state index in [1.807, 2.05) is 35.7 Å². The van der Waals surface area contributed by atoms with Crippen molar-refractivity contribution in [2.45, 2.75) is 38.6 Å². The number of Topliss-reactive ketones (excluding diaryl/α,β-unsaturated/α-hetero) is 1. The summed E-state index contributed by atoms with van der Waals surface area (Å²) in [6, 6.07) is 11.5. The molecular formula is C21H26N2O4S. The lowest BCUT2D eigenvalue weighted by molar-refractivity contribution is -0.131. The second-order valence-electron chi connectivity index (χ2n) is 6.65. The maximum Gasteiger partial charge on any atom is 0.223 e. The summed E-state index contributed by atoms with van der Waals surface area (Å²) in [5.41, 5.74) is 7.35. The molecule has 0 saturated heterocycles. The summed E-state index contributed by atoms with van der Waals surface area (Å²) >= 11 is 1.68. The van der Waals surface area contributed by atoms with Crippen molar-refractivity contribution in [3.8, 4) is 10.4 Å². The average molecular weight is 403 g/mol. The number of ketones is 1. The standard InChI is InChI=1S/C21H26N2O4S/c1-2-17(18(25)12-16(13-24)21(22)27)23-20(26)10-7-14-5-8-15(9-6-14)19-4-3-11-28-19/h3-6,8-9,11,16-17,24H,2,7,10,12-13H2,1H3,(H2,22,27)(H,23,26)/t16-,17-/m0/s1. The quantitative estimate of drug-likeness (QED) is 0.536. The van der Waals surface area contributed by atoms with Crippen molar-refractivity contribution in [1.82, 2.24) is 5.32 Å². The Hall–Kier alpha value is -2.51. The van der Waals surface area contributed by atoms with Gasteiger partial charge in [0.15, 0.2) is 5.78 Å². The predicted octanol–water partition coefficient (Wildman–Crippen LogP) is 2.30. The van der Waals surface area contributed by atoms with Gasteiger partial charge in [-0.1, -0.05) is 37.3 Å². The average Bonchev–Trinajstić information content (AvgIpc) is 3.23. The van der Waals surface area contributed by atoms with Gasteiger partial charge in [-0.05, 0) is 35.4 Å². The number of aliphatic hydroxyl groups excluding tert-OH is 1. The maximum absolute atomic E-state index is 12.3. The topological polar surface area (TPSA) is 109 Å². The summed E-state index contributed by atoms with van der Waals surface area (Å²) in [4.78, 5) is 36.9. The van der Waals surface area contributed by atoms with Crippen LogP contribution in [0.5, 0.6) is 0 Å². The summed E-state index contributed by atoms with van der Waals surface area (Å²) < 4.78 is 0. The molecule has 150 valence electrons. The van der Waals surface area contributed by atoms with Crippen LogP contribution < -0.4 is 11.1 Å². The molecule has 2 rings (SSSR count). The van der Waals surface area contributed by atoms with Crippen molar-refractivity contribution >= 4 is 28.9 Å². The second kappa shape index (κ2) is 10.7. The Morgan fingerprint density at radius 3 is 2.43 bits per heavy atom. The maximum atomic E-state index is 12.3. The molecule has 1 heterocycles. The van der Waals surface area contributed by atoms with Crippen LogP contribution >= 0.6 is 11.3 Å². The van der Waals surface area contributed by atoms with Crippen LogP contribution in [0.25, 0.3) is 10.4 Å². The highest BCUT2D eigenvalue weighted by atomic mass is 32.1. The molecule has 28 heavy (non-hydrogen) atoms. The van der Waals surface area contributed by atoms with Crippen molar-refractivity contribution in [2.24, 2.45) is 11.7 Å². The van der Waals surface area contributed by atoms with Crippen LogP contribution in [0.15, 0.2) is 41.8 Å². The zero-order valence-electron chi connectivity index (χ0n) is 15.9. The first-order chi connectivity index (χ1) is 13.4. The van der Waals surface area contributed by atoms with E-state index in [0.29, 0.717) is 12.8 Å². The number of primary amides is 1. The van der Waals surface area contributed by atoms with E-state index >= 15 is 0 Å². The van der Waals surface area contributed by atoms with Gasteiger partial charge in [0.05, 0.1) is 18.6 Å². The third kappa shape index (κ3) is 6.28. The second-order valence-corrected chi connectivity index (χ2v) is 7.60. The van der Waals surface area contributed by atoms with Gasteiger partial charge in [0.2, 0.25) is 11.8 Å². The van der Waals surface area contributed by atoms with Gasteiger partial charge in [-0.25, -0.2) is 0 Å². The number of carbonyl (C=O) groups is 3. The fraction of sp³-hybridized carbons (Fsp3) is 0.381. The van der Waals surface area contributed by atoms with E-state index in [-0.39, 0.29) is 24.5 Å². The van der Waals surface area contributed by atoms with Crippen LogP contribution in [0.1, 0.15) is 31.7 Å². The van der Waals surface area contributed by atoms with E-state index in [4.69, 9.17) is 10.8 Å². The van der Waals surface area contributed by atoms with Gasteiger partial charge in [-0.2, -0.15) is 0 Å². The summed E-state index contributed by atoms with van der Waals surface area (Å²) in [6.07, 6.45) is 1.08. The van der Waals surface area contributed by atoms with Crippen molar-refractivity contribution in [3.63, 3.8) is 0 Å². The number of amides is 2. The molecule has 2 amide bonds. The first kappa shape index (κ1) is 21.8. The molecule has 1 aromatic carbocycles. The Morgan fingerprint density at radius 1 is 1.18 bits per heavy atom.